The number of aryl methyl sites for hydroxylation is 2. The molecule has 2 aromatic rings. The van der Waals surface area contributed by atoms with E-state index in [9.17, 15) is 0 Å². The molecule has 0 fully saturated rings. The minimum atomic E-state index is 0.366. The molecule has 3 rings (SSSR count). The van der Waals surface area contributed by atoms with Crippen molar-refractivity contribution in [1.29, 1.82) is 0 Å². The molecule has 4 heteroatoms. The SMILES string of the molecule is Cn1cc(C2CCc3ncccc3N2)cn1. The first-order valence-corrected chi connectivity index (χ1v) is 5.52. The van der Waals surface area contributed by atoms with Crippen LogP contribution in [0.1, 0.15) is 23.7 Å². The Morgan fingerprint density at radius 2 is 2.44 bits per heavy atom. The molecule has 16 heavy (non-hydrogen) atoms. The quantitative estimate of drug-likeness (QED) is 0.788. The predicted molar refractivity (Wildman–Crippen MR) is 62.1 cm³/mol. The van der Waals surface area contributed by atoms with Gasteiger partial charge in [0, 0.05) is 25.0 Å². The minimum Gasteiger partial charge on any atom is -0.377 e. The largest absolute Gasteiger partial charge is 0.377 e. The summed E-state index contributed by atoms with van der Waals surface area (Å²) in [7, 11) is 1.95. The maximum atomic E-state index is 4.37. The molecule has 82 valence electrons. The Kier molecular flexibility index (Phi) is 2.13. The van der Waals surface area contributed by atoms with Gasteiger partial charge in [0.1, 0.15) is 0 Å². The van der Waals surface area contributed by atoms with Gasteiger partial charge < -0.3 is 5.32 Å². The summed E-state index contributed by atoms with van der Waals surface area (Å²) in [5.41, 5.74) is 3.57. The van der Waals surface area contributed by atoms with Crippen molar-refractivity contribution in [3.8, 4) is 0 Å². The molecule has 0 aliphatic carbocycles. The molecule has 0 saturated carbocycles. The summed E-state index contributed by atoms with van der Waals surface area (Å²) in [6.45, 7) is 0. The van der Waals surface area contributed by atoms with E-state index < -0.39 is 0 Å². The Balaban J connectivity index is 1.88. The van der Waals surface area contributed by atoms with Crippen molar-refractivity contribution in [1.82, 2.24) is 14.8 Å². The topological polar surface area (TPSA) is 42.7 Å². The van der Waals surface area contributed by atoms with E-state index in [-0.39, 0.29) is 0 Å². The number of pyridine rings is 1. The highest BCUT2D eigenvalue weighted by molar-refractivity contribution is 5.51. The molecule has 0 saturated heterocycles. The van der Waals surface area contributed by atoms with Gasteiger partial charge in [-0.3, -0.25) is 9.67 Å². The van der Waals surface area contributed by atoms with Gasteiger partial charge in [-0.1, -0.05) is 0 Å². The number of nitrogens with one attached hydrogen (secondary N) is 1. The molecular formula is C12H14N4. The highest BCUT2D eigenvalue weighted by Gasteiger charge is 2.20. The van der Waals surface area contributed by atoms with E-state index in [0.29, 0.717) is 6.04 Å². The zero-order valence-corrected chi connectivity index (χ0v) is 9.22. The summed E-state index contributed by atoms with van der Waals surface area (Å²) in [6, 6.07) is 4.42. The molecule has 0 spiro atoms. The fourth-order valence-electron chi connectivity index (χ4n) is 2.18. The molecule has 2 aromatic heterocycles. The molecule has 3 heterocycles. The molecule has 1 atom stereocenters. The van der Waals surface area contributed by atoms with Crippen LogP contribution in [-0.2, 0) is 13.5 Å². The summed E-state index contributed by atoms with van der Waals surface area (Å²) in [5, 5.41) is 7.72. The van der Waals surface area contributed by atoms with Crippen LogP contribution in [0.25, 0.3) is 0 Å². The Hall–Kier alpha value is -1.84. The molecule has 0 amide bonds. The molecule has 1 unspecified atom stereocenters. The Morgan fingerprint density at radius 1 is 1.50 bits per heavy atom. The summed E-state index contributed by atoms with van der Waals surface area (Å²) >= 11 is 0. The van der Waals surface area contributed by atoms with E-state index in [1.54, 1.807) is 0 Å². The van der Waals surface area contributed by atoms with Crippen molar-refractivity contribution in [3.05, 3.63) is 42.0 Å². The number of nitrogens with zero attached hydrogens (tertiary/aromatic N) is 3. The fraction of sp³-hybridized carbons (Fsp3) is 0.333. The lowest BCUT2D eigenvalue weighted by Crippen LogP contribution is -2.18. The van der Waals surface area contributed by atoms with E-state index in [2.05, 4.69) is 27.7 Å². The van der Waals surface area contributed by atoms with Crippen LogP contribution in [0.2, 0.25) is 0 Å². The monoisotopic (exact) mass is 214 g/mol. The molecule has 1 aliphatic heterocycles. The van der Waals surface area contributed by atoms with E-state index in [1.165, 1.54) is 11.3 Å². The van der Waals surface area contributed by atoms with E-state index >= 15 is 0 Å². The van der Waals surface area contributed by atoms with Crippen molar-refractivity contribution in [2.24, 2.45) is 7.05 Å². The van der Waals surface area contributed by atoms with Gasteiger partial charge in [-0.15, -0.1) is 0 Å². The fourth-order valence-corrected chi connectivity index (χ4v) is 2.18. The minimum absolute atomic E-state index is 0.366. The van der Waals surface area contributed by atoms with Crippen LogP contribution in [0.5, 0.6) is 0 Å². The first-order valence-electron chi connectivity index (χ1n) is 5.52. The second-order valence-electron chi connectivity index (χ2n) is 4.18. The van der Waals surface area contributed by atoms with Crippen LogP contribution in [0.4, 0.5) is 5.69 Å². The number of anilines is 1. The standard InChI is InChI=1S/C12H14N4/c1-16-8-9(7-14-16)10-4-5-11-12(15-10)3-2-6-13-11/h2-3,6-8,10,15H,4-5H2,1H3. The molecule has 4 nitrogen and oxygen atoms in total. The molecule has 1 N–H and O–H groups in total. The Labute approximate surface area is 94.3 Å². The second-order valence-corrected chi connectivity index (χ2v) is 4.18. The maximum Gasteiger partial charge on any atom is 0.0635 e. The average Bonchev–Trinajstić information content (AvgIpc) is 2.75. The number of hydrogen-bond donors (Lipinski definition) is 1. The lowest BCUT2D eigenvalue weighted by Gasteiger charge is -2.25. The summed E-state index contributed by atoms with van der Waals surface area (Å²) in [5.74, 6) is 0. The number of fused-ring (bicyclic) bond motifs is 1. The summed E-state index contributed by atoms with van der Waals surface area (Å²) in [4.78, 5) is 4.37. The van der Waals surface area contributed by atoms with Crippen molar-refractivity contribution < 1.29 is 0 Å². The van der Waals surface area contributed by atoms with Gasteiger partial charge >= 0.3 is 0 Å². The molecule has 1 aliphatic rings. The number of rotatable bonds is 1. The van der Waals surface area contributed by atoms with Crippen molar-refractivity contribution in [2.45, 2.75) is 18.9 Å². The highest BCUT2D eigenvalue weighted by Crippen LogP contribution is 2.30. The van der Waals surface area contributed by atoms with Crippen LogP contribution in [0.3, 0.4) is 0 Å². The van der Waals surface area contributed by atoms with Gasteiger partial charge in [-0.25, -0.2) is 0 Å². The highest BCUT2D eigenvalue weighted by atomic mass is 15.2. The molecule has 0 bridgehead atoms. The van der Waals surface area contributed by atoms with Crippen molar-refractivity contribution in [3.63, 3.8) is 0 Å². The first-order chi connectivity index (χ1) is 7.83. The van der Waals surface area contributed by atoms with Crippen LogP contribution in [-0.4, -0.2) is 14.8 Å². The number of aromatic nitrogens is 3. The molecule has 0 radical (unpaired) electrons. The lowest BCUT2D eigenvalue weighted by atomic mass is 9.98. The molecule has 0 aromatic carbocycles. The Bertz CT molecular complexity index is 503. The van der Waals surface area contributed by atoms with Crippen LogP contribution < -0.4 is 5.32 Å². The van der Waals surface area contributed by atoms with Crippen molar-refractivity contribution in [2.75, 3.05) is 5.32 Å². The third-order valence-corrected chi connectivity index (χ3v) is 3.02. The van der Waals surface area contributed by atoms with Gasteiger partial charge in [0.2, 0.25) is 0 Å². The van der Waals surface area contributed by atoms with E-state index in [4.69, 9.17) is 0 Å². The average molecular weight is 214 g/mol. The summed E-state index contributed by atoms with van der Waals surface area (Å²) < 4.78 is 1.84. The maximum absolute atomic E-state index is 4.37. The third kappa shape index (κ3) is 1.56. The van der Waals surface area contributed by atoms with Crippen LogP contribution in [0, 0.1) is 0 Å². The van der Waals surface area contributed by atoms with Crippen LogP contribution >= 0.6 is 0 Å². The van der Waals surface area contributed by atoms with Crippen LogP contribution in [0.15, 0.2) is 30.7 Å². The first kappa shape index (κ1) is 9.39. The van der Waals surface area contributed by atoms with Gasteiger partial charge in [-0.2, -0.15) is 5.10 Å². The van der Waals surface area contributed by atoms with E-state index in [1.807, 2.05) is 30.2 Å². The second kappa shape index (κ2) is 3.63. The zero-order valence-electron chi connectivity index (χ0n) is 9.22. The van der Waals surface area contributed by atoms with Gasteiger partial charge in [0.05, 0.1) is 23.6 Å². The Morgan fingerprint density at radius 3 is 3.25 bits per heavy atom. The smallest absolute Gasteiger partial charge is 0.0635 e. The molecular weight excluding hydrogens is 200 g/mol. The van der Waals surface area contributed by atoms with Crippen molar-refractivity contribution >= 4 is 5.69 Å². The third-order valence-electron chi connectivity index (χ3n) is 3.02. The number of hydrogen-bond acceptors (Lipinski definition) is 3. The van der Waals surface area contributed by atoms with Gasteiger partial charge in [-0.05, 0) is 25.0 Å². The van der Waals surface area contributed by atoms with Gasteiger partial charge in [0.25, 0.3) is 0 Å². The normalized spacial score (nSPS) is 18.9. The predicted octanol–water partition coefficient (Wildman–Crippen LogP) is 1.91. The lowest BCUT2D eigenvalue weighted by molar-refractivity contribution is 0.654. The van der Waals surface area contributed by atoms with E-state index in [0.717, 1.165) is 18.5 Å². The summed E-state index contributed by atoms with van der Waals surface area (Å²) in [6.07, 6.45) is 7.96. The van der Waals surface area contributed by atoms with Gasteiger partial charge in [0.15, 0.2) is 0 Å². The zero-order chi connectivity index (χ0) is 11.0.